The molecular formula is C22H19Cl2FN2O4S. The lowest BCUT2D eigenvalue weighted by Crippen LogP contribution is -2.38. The van der Waals surface area contributed by atoms with E-state index in [9.17, 15) is 17.6 Å². The summed E-state index contributed by atoms with van der Waals surface area (Å²) in [6.07, 6.45) is 0. The number of hydrogen-bond donors (Lipinski definition) is 1. The van der Waals surface area contributed by atoms with Crippen molar-refractivity contribution in [3.8, 4) is 5.75 Å². The number of ether oxygens (including phenoxy) is 1. The van der Waals surface area contributed by atoms with Crippen LogP contribution >= 0.6 is 23.2 Å². The lowest BCUT2D eigenvalue weighted by Gasteiger charge is -2.24. The average molecular weight is 497 g/mol. The molecule has 3 rings (SSSR count). The Bertz CT molecular complexity index is 1180. The second kappa shape index (κ2) is 10.2. The SMILES string of the molecule is CCOc1ccc(N(CC(=O)Nc2cc(Cl)cc(Cl)c2)S(=O)(=O)c2ccc(F)cc2)cc1. The third-order valence-electron chi connectivity index (χ3n) is 4.27. The van der Waals surface area contributed by atoms with E-state index in [0.717, 1.165) is 28.6 Å². The Hall–Kier alpha value is -2.81. The van der Waals surface area contributed by atoms with Crippen molar-refractivity contribution in [3.05, 3.63) is 82.6 Å². The first kappa shape index (κ1) is 23.8. The van der Waals surface area contributed by atoms with Gasteiger partial charge >= 0.3 is 0 Å². The number of carbonyl (C=O) groups excluding carboxylic acids is 1. The van der Waals surface area contributed by atoms with Crippen LogP contribution in [0.2, 0.25) is 10.0 Å². The average Bonchev–Trinajstić information content (AvgIpc) is 2.72. The molecule has 0 saturated carbocycles. The standard InChI is InChI=1S/C22H19Cl2FN2O4S/c1-2-31-20-7-5-19(6-8-20)27(32(29,30)21-9-3-17(25)4-10-21)14-22(28)26-18-12-15(23)11-16(24)13-18/h3-13H,2,14H2,1H3,(H,26,28). The van der Waals surface area contributed by atoms with Crippen molar-refractivity contribution in [1.29, 1.82) is 0 Å². The number of hydrogen-bond acceptors (Lipinski definition) is 4. The van der Waals surface area contributed by atoms with Crippen molar-refractivity contribution in [2.75, 3.05) is 22.8 Å². The second-order valence-corrected chi connectivity index (χ2v) is 9.33. The summed E-state index contributed by atoms with van der Waals surface area (Å²) >= 11 is 11.9. The number of rotatable bonds is 8. The first-order chi connectivity index (χ1) is 15.2. The third-order valence-corrected chi connectivity index (χ3v) is 6.50. The van der Waals surface area contributed by atoms with Crippen molar-refractivity contribution in [1.82, 2.24) is 0 Å². The van der Waals surface area contributed by atoms with E-state index < -0.39 is 28.3 Å². The highest BCUT2D eigenvalue weighted by Gasteiger charge is 2.27. The van der Waals surface area contributed by atoms with Crippen LogP contribution in [0.3, 0.4) is 0 Å². The molecule has 0 bridgehead atoms. The Balaban J connectivity index is 1.94. The van der Waals surface area contributed by atoms with Crippen molar-refractivity contribution in [2.45, 2.75) is 11.8 Å². The second-order valence-electron chi connectivity index (χ2n) is 6.60. The van der Waals surface area contributed by atoms with Gasteiger partial charge in [-0.3, -0.25) is 9.10 Å². The highest BCUT2D eigenvalue weighted by molar-refractivity contribution is 7.92. The van der Waals surface area contributed by atoms with Gasteiger partial charge in [-0.1, -0.05) is 23.2 Å². The summed E-state index contributed by atoms with van der Waals surface area (Å²) in [5, 5.41) is 3.22. The minimum Gasteiger partial charge on any atom is -0.494 e. The molecule has 1 N–H and O–H groups in total. The van der Waals surface area contributed by atoms with Crippen LogP contribution in [0.15, 0.2) is 71.6 Å². The fraction of sp³-hybridized carbons (Fsp3) is 0.136. The third kappa shape index (κ3) is 5.91. The van der Waals surface area contributed by atoms with Crippen LogP contribution in [0.25, 0.3) is 0 Å². The van der Waals surface area contributed by atoms with E-state index in [1.807, 2.05) is 6.92 Å². The zero-order valence-corrected chi connectivity index (χ0v) is 19.2. The van der Waals surface area contributed by atoms with Gasteiger partial charge in [-0.25, -0.2) is 12.8 Å². The van der Waals surface area contributed by atoms with Gasteiger partial charge in [-0.05, 0) is 73.7 Å². The number of amides is 1. The lowest BCUT2D eigenvalue weighted by atomic mass is 10.3. The van der Waals surface area contributed by atoms with Crippen molar-refractivity contribution in [2.24, 2.45) is 0 Å². The maximum Gasteiger partial charge on any atom is 0.264 e. The van der Waals surface area contributed by atoms with Gasteiger partial charge < -0.3 is 10.1 Å². The summed E-state index contributed by atoms with van der Waals surface area (Å²) in [5.74, 6) is -0.650. The van der Waals surface area contributed by atoms with Crippen LogP contribution in [0.5, 0.6) is 5.75 Å². The Kier molecular flexibility index (Phi) is 7.60. The molecule has 168 valence electrons. The largest absolute Gasteiger partial charge is 0.494 e. The Labute approximate surface area is 195 Å². The van der Waals surface area contributed by atoms with E-state index in [0.29, 0.717) is 28.1 Å². The summed E-state index contributed by atoms with van der Waals surface area (Å²) < 4.78 is 46.2. The number of benzene rings is 3. The normalized spacial score (nSPS) is 11.1. The molecule has 0 aliphatic rings. The fourth-order valence-corrected chi connectivity index (χ4v) is 4.83. The molecule has 0 fully saturated rings. The van der Waals surface area contributed by atoms with Gasteiger partial charge in [-0.15, -0.1) is 0 Å². The van der Waals surface area contributed by atoms with E-state index in [4.69, 9.17) is 27.9 Å². The van der Waals surface area contributed by atoms with E-state index in [2.05, 4.69) is 5.32 Å². The topological polar surface area (TPSA) is 75.7 Å². The molecule has 0 atom stereocenters. The molecule has 0 aliphatic heterocycles. The lowest BCUT2D eigenvalue weighted by molar-refractivity contribution is -0.114. The molecule has 0 unspecified atom stereocenters. The predicted molar refractivity (Wildman–Crippen MR) is 124 cm³/mol. The number of sulfonamides is 1. The number of nitrogens with one attached hydrogen (secondary N) is 1. The molecule has 1 amide bonds. The fourth-order valence-electron chi connectivity index (χ4n) is 2.88. The quantitative estimate of drug-likeness (QED) is 0.455. The summed E-state index contributed by atoms with van der Waals surface area (Å²) in [6, 6.07) is 15.1. The molecule has 6 nitrogen and oxygen atoms in total. The molecule has 10 heteroatoms. The van der Waals surface area contributed by atoms with Gasteiger partial charge in [0.25, 0.3) is 10.0 Å². The number of carbonyl (C=O) groups is 1. The predicted octanol–water partition coefficient (Wildman–Crippen LogP) is 5.37. The molecule has 0 saturated heterocycles. The number of halogens is 3. The maximum absolute atomic E-state index is 13.3. The molecule has 3 aromatic rings. The van der Waals surface area contributed by atoms with Gasteiger partial charge in [0.05, 0.1) is 17.2 Å². The van der Waals surface area contributed by atoms with Crippen molar-refractivity contribution in [3.63, 3.8) is 0 Å². The summed E-state index contributed by atoms with van der Waals surface area (Å²) in [5.41, 5.74) is 0.551. The van der Waals surface area contributed by atoms with E-state index in [1.54, 1.807) is 12.1 Å². The Morgan fingerprint density at radius 2 is 1.59 bits per heavy atom. The van der Waals surface area contributed by atoms with E-state index in [1.165, 1.54) is 30.3 Å². The van der Waals surface area contributed by atoms with Crippen LogP contribution in [0, 0.1) is 5.82 Å². The van der Waals surface area contributed by atoms with Crippen molar-refractivity contribution >= 4 is 50.5 Å². The van der Waals surface area contributed by atoms with Crippen LogP contribution < -0.4 is 14.4 Å². The molecular weight excluding hydrogens is 478 g/mol. The van der Waals surface area contributed by atoms with Gasteiger partial charge in [0.1, 0.15) is 18.1 Å². The summed E-state index contributed by atoms with van der Waals surface area (Å²) in [7, 11) is -4.19. The van der Waals surface area contributed by atoms with Crippen molar-refractivity contribution < 1.29 is 22.3 Å². The maximum atomic E-state index is 13.3. The smallest absolute Gasteiger partial charge is 0.264 e. The van der Waals surface area contributed by atoms with Crippen LogP contribution in [-0.2, 0) is 14.8 Å². The first-order valence-corrected chi connectivity index (χ1v) is 11.7. The van der Waals surface area contributed by atoms with Gasteiger partial charge in [0.15, 0.2) is 0 Å². The number of anilines is 2. The molecule has 0 spiro atoms. The highest BCUT2D eigenvalue weighted by Crippen LogP contribution is 2.27. The summed E-state index contributed by atoms with van der Waals surface area (Å²) in [4.78, 5) is 12.6. The van der Waals surface area contributed by atoms with Gasteiger partial charge in [0, 0.05) is 15.7 Å². The molecule has 0 radical (unpaired) electrons. The molecule has 0 aliphatic carbocycles. The Morgan fingerprint density at radius 1 is 1.00 bits per heavy atom. The van der Waals surface area contributed by atoms with Crippen LogP contribution in [0.1, 0.15) is 6.92 Å². The zero-order valence-electron chi connectivity index (χ0n) is 16.9. The molecule has 0 aromatic heterocycles. The van der Waals surface area contributed by atoms with E-state index >= 15 is 0 Å². The monoisotopic (exact) mass is 496 g/mol. The number of nitrogens with zero attached hydrogens (tertiary/aromatic N) is 1. The van der Waals surface area contributed by atoms with Crippen LogP contribution in [-0.4, -0.2) is 27.5 Å². The molecule has 32 heavy (non-hydrogen) atoms. The van der Waals surface area contributed by atoms with Gasteiger partial charge in [-0.2, -0.15) is 0 Å². The van der Waals surface area contributed by atoms with E-state index in [-0.39, 0.29) is 10.6 Å². The van der Waals surface area contributed by atoms with Crippen LogP contribution in [0.4, 0.5) is 15.8 Å². The first-order valence-electron chi connectivity index (χ1n) is 9.46. The van der Waals surface area contributed by atoms with Gasteiger partial charge in [0.2, 0.25) is 5.91 Å². The Morgan fingerprint density at radius 3 is 2.16 bits per heavy atom. The summed E-state index contributed by atoms with van der Waals surface area (Å²) in [6.45, 7) is 1.73. The molecule has 0 heterocycles. The minimum atomic E-state index is -4.19. The minimum absolute atomic E-state index is 0.161. The molecule has 3 aromatic carbocycles. The highest BCUT2D eigenvalue weighted by atomic mass is 35.5. The zero-order chi connectivity index (χ0) is 23.3.